The quantitative estimate of drug-likeness (QED) is 0.860. The van der Waals surface area contributed by atoms with E-state index in [1.54, 1.807) is 18.0 Å². The summed E-state index contributed by atoms with van der Waals surface area (Å²) in [7, 11) is 0. The molecule has 0 aliphatic carbocycles. The molecule has 4 heteroatoms. The number of pyridine rings is 1. The van der Waals surface area contributed by atoms with Crippen molar-refractivity contribution in [3.63, 3.8) is 0 Å². The molecule has 1 fully saturated rings. The Kier molecular flexibility index (Phi) is 3.51. The molecule has 3 rings (SSSR count). The minimum atomic E-state index is 0.119. The summed E-state index contributed by atoms with van der Waals surface area (Å²) in [6.07, 6.45) is 3.57. The van der Waals surface area contributed by atoms with Crippen LogP contribution in [-0.2, 0) is 11.3 Å². The van der Waals surface area contributed by atoms with Crippen molar-refractivity contribution in [3.05, 3.63) is 66.0 Å². The van der Waals surface area contributed by atoms with Gasteiger partial charge >= 0.3 is 0 Å². The Labute approximate surface area is 116 Å². The van der Waals surface area contributed by atoms with Crippen molar-refractivity contribution in [1.29, 1.82) is 0 Å². The van der Waals surface area contributed by atoms with Crippen molar-refractivity contribution in [1.82, 2.24) is 9.88 Å². The minimum absolute atomic E-state index is 0.119. The topological polar surface area (TPSA) is 33.2 Å². The van der Waals surface area contributed by atoms with E-state index in [4.69, 9.17) is 0 Å². The molecule has 1 aromatic carbocycles. The molecule has 1 aromatic heterocycles. The van der Waals surface area contributed by atoms with Crippen molar-refractivity contribution >= 4 is 17.7 Å². The summed E-state index contributed by atoms with van der Waals surface area (Å²) in [5, 5.41) is 0.119. The van der Waals surface area contributed by atoms with Gasteiger partial charge in [-0.05, 0) is 17.2 Å². The smallest absolute Gasteiger partial charge is 0.234 e. The second kappa shape index (κ2) is 5.45. The first kappa shape index (κ1) is 12.2. The molecule has 2 heterocycles. The predicted octanol–water partition coefficient (Wildman–Crippen LogP) is 2.86. The second-order valence-electron chi connectivity index (χ2n) is 4.46. The Hall–Kier alpha value is -1.81. The lowest BCUT2D eigenvalue weighted by molar-refractivity contribution is -0.128. The Balaban J connectivity index is 1.83. The number of hydrogen-bond acceptors (Lipinski definition) is 3. The van der Waals surface area contributed by atoms with Crippen LogP contribution >= 0.6 is 11.8 Å². The number of rotatable bonds is 3. The zero-order chi connectivity index (χ0) is 13.1. The van der Waals surface area contributed by atoms with Gasteiger partial charge in [-0.15, -0.1) is 11.8 Å². The van der Waals surface area contributed by atoms with E-state index in [1.807, 2.05) is 41.4 Å². The Bertz CT molecular complexity index is 559. The van der Waals surface area contributed by atoms with E-state index in [2.05, 4.69) is 17.1 Å². The maximum atomic E-state index is 12.0. The third-order valence-electron chi connectivity index (χ3n) is 3.13. The molecule has 19 heavy (non-hydrogen) atoms. The van der Waals surface area contributed by atoms with E-state index >= 15 is 0 Å². The fraction of sp³-hybridized carbons (Fsp3) is 0.200. The van der Waals surface area contributed by atoms with Crippen LogP contribution in [0.15, 0.2) is 54.9 Å². The standard InChI is InChI=1S/C15H14N2OS/c18-14-11-19-15(13-6-2-1-3-7-13)17(14)10-12-5-4-8-16-9-12/h1-9,15H,10-11H2. The summed E-state index contributed by atoms with van der Waals surface area (Å²) < 4.78 is 0. The van der Waals surface area contributed by atoms with Gasteiger partial charge in [-0.1, -0.05) is 36.4 Å². The lowest BCUT2D eigenvalue weighted by Gasteiger charge is -2.24. The lowest BCUT2D eigenvalue weighted by Crippen LogP contribution is -2.27. The number of aromatic nitrogens is 1. The number of carbonyl (C=O) groups is 1. The number of carbonyl (C=O) groups excluding carboxylic acids is 1. The maximum Gasteiger partial charge on any atom is 0.234 e. The highest BCUT2D eigenvalue weighted by Gasteiger charge is 2.32. The fourth-order valence-electron chi connectivity index (χ4n) is 2.21. The third kappa shape index (κ3) is 2.63. The van der Waals surface area contributed by atoms with Crippen molar-refractivity contribution in [2.75, 3.05) is 5.75 Å². The van der Waals surface area contributed by atoms with Crippen LogP contribution in [0.25, 0.3) is 0 Å². The Morgan fingerprint density at radius 2 is 2.05 bits per heavy atom. The van der Waals surface area contributed by atoms with Gasteiger partial charge in [-0.25, -0.2) is 0 Å². The number of nitrogens with zero attached hydrogens (tertiary/aromatic N) is 2. The Morgan fingerprint density at radius 3 is 2.79 bits per heavy atom. The van der Waals surface area contributed by atoms with Gasteiger partial charge in [0, 0.05) is 18.9 Å². The highest BCUT2D eigenvalue weighted by atomic mass is 32.2. The molecular weight excluding hydrogens is 256 g/mol. The molecule has 0 radical (unpaired) electrons. The van der Waals surface area contributed by atoms with Crippen LogP contribution in [0.1, 0.15) is 16.5 Å². The van der Waals surface area contributed by atoms with Crippen LogP contribution in [0, 0.1) is 0 Å². The van der Waals surface area contributed by atoms with E-state index in [0.717, 1.165) is 5.56 Å². The maximum absolute atomic E-state index is 12.0. The zero-order valence-corrected chi connectivity index (χ0v) is 11.2. The highest BCUT2D eigenvalue weighted by Crippen LogP contribution is 2.39. The molecule has 3 nitrogen and oxygen atoms in total. The van der Waals surface area contributed by atoms with Crippen LogP contribution < -0.4 is 0 Å². The van der Waals surface area contributed by atoms with Gasteiger partial charge in [0.2, 0.25) is 5.91 Å². The van der Waals surface area contributed by atoms with Crippen LogP contribution in [-0.4, -0.2) is 21.5 Å². The SMILES string of the molecule is O=C1CSC(c2ccccc2)N1Cc1cccnc1. The van der Waals surface area contributed by atoms with Crippen LogP contribution in [0.2, 0.25) is 0 Å². The molecule has 96 valence electrons. The van der Waals surface area contributed by atoms with Crippen LogP contribution in [0.4, 0.5) is 0 Å². The summed E-state index contributed by atoms with van der Waals surface area (Å²) in [6, 6.07) is 14.1. The molecule has 0 bridgehead atoms. The van der Waals surface area contributed by atoms with E-state index in [-0.39, 0.29) is 11.3 Å². The van der Waals surface area contributed by atoms with Crippen molar-refractivity contribution in [2.45, 2.75) is 11.9 Å². The summed E-state index contributed by atoms with van der Waals surface area (Å²) in [5.74, 6) is 0.752. The largest absolute Gasteiger partial charge is 0.321 e. The minimum Gasteiger partial charge on any atom is -0.321 e. The van der Waals surface area contributed by atoms with E-state index in [9.17, 15) is 4.79 Å². The van der Waals surface area contributed by atoms with Gasteiger partial charge in [0.15, 0.2) is 0 Å². The van der Waals surface area contributed by atoms with Gasteiger partial charge in [-0.3, -0.25) is 9.78 Å². The summed E-state index contributed by atoms with van der Waals surface area (Å²) in [5.41, 5.74) is 2.25. The number of amides is 1. The fourth-order valence-corrected chi connectivity index (χ4v) is 3.40. The van der Waals surface area contributed by atoms with Gasteiger partial charge in [0.1, 0.15) is 5.37 Å². The monoisotopic (exact) mass is 270 g/mol. The van der Waals surface area contributed by atoms with Crippen LogP contribution in [0.3, 0.4) is 0 Å². The molecule has 1 unspecified atom stereocenters. The Morgan fingerprint density at radius 1 is 1.21 bits per heavy atom. The average Bonchev–Trinajstić information content (AvgIpc) is 2.82. The van der Waals surface area contributed by atoms with Crippen molar-refractivity contribution in [2.24, 2.45) is 0 Å². The van der Waals surface area contributed by atoms with Gasteiger partial charge in [-0.2, -0.15) is 0 Å². The molecule has 1 amide bonds. The molecule has 1 aliphatic heterocycles. The van der Waals surface area contributed by atoms with Gasteiger partial charge < -0.3 is 4.90 Å². The van der Waals surface area contributed by atoms with Gasteiger partial charge in [0.05, 0.1) is 5.75 Å². The average molecular weight is 270 g/mol. The molecule has 0 N–H and O–H groups in total. The van der Waals surface area contributed by atoms with Crippen molar-refractivity contribution in [3.8, 4) is 0 Å². The molecule has 0 spiro atoms. The van der Waals surface area contributed by atoms with Crippen LogP contribution in [0.5, 0.6) is 0 Å². The second-order valence-corrected chi connectivity index (χ2v) is 5.53. The van der Waals surface area contributed by atoms with E-state index in [0.29, 0.717) is 12.3 Å². The molecule has 1 saturated heterocycles. The zero-order valence-electron chi connectivity index (χ0n) is 10.4. The van der Waals surface area contributed by atoms with Gasteiger partial charge in [0.25, 0.3) is 0 Å². The molecular formula is C15H14N2OS. The first-order valence-corrected chi connectivity index (χ1v) is 7.24. The first-order chi connectivity index (χ1) is 9.34. The molecule has 1 atom stereocenters. The molecule has 1 aliphatic rings. The highest BCUT2D eigenvalue weighted by molar-refractivity contribution is 8.00. The summed E-state index contributed by atoms with van der Waals surface area (Å²) >= 11 is 1.69. The predicted molar refractivity (Wildman–Crippen MR) is 76.4 cm³/mol. The number of benzene rings is 1. The normalized spacial score (nSPS) is 18.8. The molecule has 2 aromatic rings. The third-order valence-corrected chi connectivity index (χ3v) is 4.38. The van der Waals surface area contributed by atoms with E-state index in [1.165, 1.54) is 5.56 Å². The summed E-state index contributed by atoms with van der Waals surface area (Å²) in [4.78, 5) is 18.1. The summed E-state index contributed by atoms with van der Waals surface area (Å²) in [6.45, 7) is 0.624. The number of thioether (sulfide) groups is 1. The van der Waals surface area contributed by atoms with Crippen molar-refractivity contribution < 1.29 is 4.79 Å². The first-order valence-electron chi connectivity index (χ1n) is 6.19. The molecule has 0 saturated carbocycles. The lowest BCUT2D eigenvalue weighted by atomic mass is 10.2. The number of hydrogen-bond donors (Lipinski definition) is 0. The van der Waals surface area contributed by atoms with E-state index < -0.39 is 0 Å².